The summed E-state index contributed by atoms with van der Waals surface area (Å²) < 4.78 is 15.6. The second kappa shape index (κ2) is 12.2. The average Bonchev–Trinajstić information content (AvgIpc) is 3.94. The Kier molecular flexibility index (Phi) is 6.80. The van der Waals surface area contributed by atoms with Gasteiger partial charge < -0.3 is 13.7 Å². The first-order valence-corrected chi connectivity index (χ1v) is 19.7. The maximum absolute atomic E-state index is 6.55. The lowest BCUT2D eigenvalue weighted by Gasteiger charge is -2.28. The molecule has 0 aliphatic carbocycles. The van der Waals surface area contributed by atoms with Crippen LogP contribution < -0.4 is 4.90 Å². The van der Waals surface area contributed by atoms with Gasteiger partial charge in [-0.2, -0.15) is 0 Å². The summed E-state index contributed by atoms with van der Waals surface area (Å²) in [5.74, 6) is 0. The lowest BCUT2D eigenvalue weighted by Crippen LogP contribution is -2.11. The van der Waals surface area contributed by atoms with E-state index in [4.69, 9.17) is 8.83 Å². The van der Waals surface area contributed by atoms with Crippen molar-refractivity contribution < 1.29 is 8.83 Å². The van der Waals surface area contributed by atoms with E-state index in [0.717, 1.165) is 72.1 Å². The van der Waals surface area contributed by atoms with E-state index >= 15 is 0 Å². The fourth-order valence-electron chi connectivity index (χ4n) is 8.68. The van der Waals surface area contributed by atoms with Crippen LogP contribution in [0.4, 0.5) is 17.1 Å². The molecule has 0 unspecified atom stereocenters. The highest BCUT2D eigenvalue weighted by molar-refractivity contribution is 7.26. The van der Waals surface area contributed by atoms with Crippen molar-refractivity contribution in [2.45, 2.75) is 0 Å². The topological polar surface area (TPSA) is 29.5 Å². The van der Waals surface area contributed by atoms with E-state index in [2.05, 4.69) is 181 Å². The molecule has 0 spiro atoms. The molecule has 0 radical (unpaired) electrons. The molecule has 0 atom stereocenters. The highest BCUT2D eigenvalue weighted by Gasteiger charge is 2.22. The molecular formula is C52H31NO2S. The standard InChI is InChI=1S/C52H31NO2S/c1-2-12-34-30-48-44(29-33(34)11-1)51-42(17-10-21-47(51)55-48)38-13-3-6-19-45(38)53(36-27-28-40-39-14-4-7-20-46(39)54-49(40)31-36)35-25-23-32(24-26-35)37-16-9-18-43-41-15-5-8-22-50(41)56-52(37)43/h1-31H. The predicted octanol–water partition coefficient (Wildman–Crippen LogP) is 15.8. The molecule has 3 aromatic heterocycles. The minimum atomic E-state index is 0.856. The van der Waals surface area contributed by atoms with Gasteiger partial charge in [0.1, 0.15) is 22.3 Å². The average molecular weight is 734 g/mol. The number of para-hydroxylation sites is 2. The minimum absolute atomic E-state index is 0.856. The molecule has 3 heterocycles. The summed E-state index contributed by atoms with van der Waals surface area (Å²) >= 11 is 1.86. The van der Waals surface area contributed by atoms with Gasteiger partial charge in [-0.05, 0) is 88.1 Å². The Labute approximate surface area is 325 Å². The van der Waals surface area contributed by atoms with Crippen LogP contribution in [0.15, 0.2) is 197 Å². The number of benzene rings is 9. The van der Waals surface area contributed by atoms with Crippen LogP contribution >= 0.6 is 11.3 Å². The Balaban J connectivity index is 1.07. The maximum Gasteiger partial charge on any atom is 0.137 e. The summed E-state index contributed by atoms with van der Waals surface area (Å²) in [7, 11) is 0. The molecule has 4 heteroatoms. The molecule has 0 bridgehead atoms. The van der Waals surface area contributed by atoms with Gasteiger partial charge in [0.2, 0.25) is 0 Å². The Morgan fingerprint density at radius 2 is 1.00 bits per heavy atom. The third-order valence-electron chi connectivity index (χ3n) is 11.3. The van der Waals surface area contributed by atoms with Gasteiger partial charge in [0.25, 0.3) is 0 Å². The van der Waals surface area contributed by atoms with Crippen LogP contribution in [0.1, 0.15) is 0 Å². The smallest absolute Gasteiger partial charge is 0.137 e. The molecule has 9 aromatic carbocycles. The molecule has 0 saturated carbocycles. The summed E-state index contributed by atoms with van der Waals surface area (Å²) in [4.78, 5) is 2.36. The molecular weight excluding hydrogens is 703 g/mol. The third-order valence-corrected chi connectivity index (χ3v) is 12.5. The number of rotatable bonds is 5. The molecule has 12 aromatic rings. The number of thiophene rings is 1. The summed E-state index contributed by atoms with van der Waals surface area (Å²) in [6, 6.07) is 67.3. The van der Waals surface area contributed by atoms with Gasteiger partial charge in [-0.1, -0.05) is 121 Å². The van der Waals surface area contributed by atoms with E-state index in [1.807, 2.05) is 23.5 Å². The summed E-state index contributed by atoms with van der Waals surface area (Å²) in [5, 5.41) is 9.41. The van der Waals surface area contributed by atoms with Crippen molar-refractivity contribution in [3.05, 3.63) is 188 Å². The summed E-state index contributed by atoms with van der Waals surface area (Å²) in [6.07, 6.45) is 0. The normalized spacial score (nSPS) is 11.9. The van der Waals surface area contributed by atoms with Crippen molar-refractivity contribution >= 4 is 103 Å². The lowest BCUT2D eigenvalue weighted by molar-refractivity contribution is 0.669. The second-order valence-corrected chi connectivity index (χ2v) is 15.5. The Morgan fingerprint density at radius 3 is 1.91 bits per heavy atom. The van der Waals surface area contributed by atoms with E-state index in [9.17, 15) is 0 Å². The molecule has 0 fully saturated rings. The SMILES string of the molecule is c1ccc(N(c2ccc(-c3cccc4c3sc3ccccc34)cc2)c2ccc3c(c2)oc2ccccc23)c(-c2cccc3oc4cc5ccccc5cc4c23)c1. The van der Waals surface area contributed by atoms with Crippen LogP contribution in [0.2, 0.25) is 0 Å². The molecule has 12 rings (SSSR count). The largest absolute Gasteiger partial charge is 0.456 e. The molecule has 262 valence electrons. The minimum Gasteiger partial charge on any atom is -0.456 e. The number of furan rings is 2. The number of fused-ring (bicyclic) bond motifs is 10. The van der Waals surface area contributed by atoms with Gasteiger partial charge >= 0.3 is 0 Å². The first-order chi connectivity index (χ1) is 27.7. The maximum atomic E-state index is 6.55. The lowest BCUT2D eigenvalue weighted by atomic mass is 9.96. The molecule has 3 nitrogen and oxygen atoms in total. The van der Waals surface area contributed by atoms with Crippen molar-refractivity contribution in [3.8, 4) is 22.3 Å². The second-order valence-electron chi connectivity index (χ2n) is 14.4. The monoisotopic (exact) mass is 733 g/mol. The van der Waals surface area contributed by atoms with E-state index in [1.165, 1.54) is 42.1 Å². The van der Waals surface area contributed by atoms with E-state index in [-0.39, 0.29) is 0 Å². The van der Waals surface area contributed by atoms with Crippen LogP contribution in [0.3, 0.4) is 0 Å². The van der Waals surface area contributed by atoms with Crippen molar-refractivity contribution in [3.63, 3.8) is 0 Å². The van der Waals surface area contributed by atoms with Gasteiger partial charge in [-0.3, -0.25) is 0 Å². The van der Waals surface area contributed by atoms with Gasteiger partial charge in [-0.15, -0.1) is 11.3 Å². The summed E-state index contributed by atoms with van der Waals surface area (Å²) in [6.45, 7) is 0. The summed E-state index contributed by atoms with van der Waals surface area (Å²) in [5.41, 5.74) is 11.3. The highest BCUT2D eigenvalue weighted by Crippen LogP contribution is 2.47. The fraction of sp³-hybridized carbons (Fsp3) is 0. The molecule has 0 aliphatic rings. The Morgan fingerprint density at radius 1 is 0.375 bits per heavy atom. The first kappa shape index (κ1) is 31.2. The molecule has 0 N–H and O–H groups in total. The number of nitrogens with zero attached hydrogens (tertiary/aromatic N) is 1. The van der Waals surface area contributed by atoms with Crippen molar-refractivity contribution in [2.24, 2.45) is 0 Å². The van der Waals surface area contributed by atoms with Gasteiger partial charge in [0.15, 0.2) is 0 Å². The van der Waals surface area contributed by atoms with E-state index in [1.54, 1.807) is 0 Å². The Hall–Kier alpha value is -7.14. The number of hydrogen-bond acceptors (Lipinski definition) is 4. The van der Waals surface area contributed by atoms with Crippen LogP contribution in [-0.4, -0.2) is 0 Å². The fourth-order valence-corrected chi connectivity index (χ4v) is 9.92. The third kappa shape index (κ3) is 4.76. The first-order valence-electron chi connectivity index (χ1n) is 18.9. The van der Waals surface area contributed by atoms with Crippen LogP contribution in [-0.2, 0) is 0 Å². The molecule has 0 amide bonds. The zero-order chi connectivity index (χ0) is 36.7. The Bertz CT molecular complexity index is 3500. The van der Waals surface area contributed by atoms with Crippen LogP contribution in [0.5, 0.6) is 0 Å². The quantitative estimate of drug-likeness (QED) is 0.176. The van der Waals surface area contributed by atoms with Gasteiger partial charge in [0, 0.05) is 64.7 Å². The van der Waals surface area contributed by atoms with Crippen molar-refractivity contribution in [2.75, 3.05) is 4.90 Å². The number of anilines is 3. The van der Waals surface area contributed by atoms with E-state index < -0.39 is 0 Å². The van der Waals surface area contributed by atoms with Crippen molar-refractivity contribution in [1.29, 1.82) is 0 Å². The van der Waals surface area contributed by atoms with E-state index in [0.29, 0.717) is 0 Å². The van der Waals surface area contributed by atoms with Gasteiger partial charge in [0.05, 0.1) is 5.69 Å². The van der Waals surface area contributed by atoms with Crippen LogP contribution in [0, 0.1) is 0 Å². The highest BCUT2D eigenvalue weighted by atomic mass is 32.1. The van der Waals surface area contributed by atoms with Crippen LogP contribution in [0.25, 0.3) is 97.1 Å². The molecule has 0 aliphatic heterocycles. The predicted molar refractivity (Wildman–Crippen MR) is 237 cm³/mol. The zero-order valence-electron chi connectivity index (χ0n) is 30.1. The van der Waals surface area contributed by atoms with Crippen molar-refractivity contribution in [1.82, 2.24) is 0 Å². The zero-order valence-corrected chi connectivity index (χ0v) is 30.9. The van der Waals surface area contributed by atoms with Gasteiger partial charge in [-0.25, -0.2) is 0 Å². The molecule has 56 heavy (non-hydrogen) atoms. The number of hydrogen-bond donors (Lipinski definition) is 0. The molecule has 0 saturated heterocycles.